The summed E-state index contributed by atoms with van der Waals surface area (Å²) < 4.78 is 0.825. The van der Waals surface area contributed by atoms with Crippen LogP contribution in [0.4, 0.5) is 5.69 Å². The lowest BCUT2D eigenvalue weighted by molar-refractivity contribution is 0.0332. The van der Waals surface area contributed by atoms with Gasteiger partial charge < -0.3 is 15.9 Å². The van der Waals surface area contributed by atoms with Gasteiger partial charge in [0.2, 0.25) is 0 Å². The smallest absolute Gasteiger partial charge is 0.108 e. The molecule has 0 fully saturated rings. The van der Waals surface area contributed by atoms with Crippen molar-refractivity contribution >= 4 is 33.2 Å². The molecule has 0 saturated carbocycles. The predicted molar refractivity (Wildman–Crippen MR) is 60.2 cm³/mol. The SMILES string of the molecule is Nc1cc(Br)ccc1C(O)C(O)CCl. The summed E-state index contributed by atoms with van der Waals surface area (Å²) in [6, 6.07) is 5.06. The molecule has 3 nitrogen and oxygen atoms in total. The Morgan fingerprint density at radius 2 is 2.07 bits per heavy atom. The van der Waals surface area contributed by atoms with Gasteiger partial charge in [0, 0.05) is 15.7 Å². The Labute approximate surface area is 95.6 Å². The van der Waals surface area contributed by atoms with Crippen LogP contribution in [0.2, 0.25) is 0 Å². The molecule has 1 aromatic rings. The molecule has 0 radical (unpaired) electrons. The molecule has 0 aromatic heterocycles. The van der Waals surface area contributed by atoms with Crippen LogP contribution in [0.15, 0.2) is 22.7 Å². The predicted octanol–water partition coefficient (Wildman–Crippen LogP) is 1.66. The van der Waals surface area contributed by atoms with Gasteiger partial charge in [-0.3, -0.25) is 0 Å². The lowest BCUT2D eigenvalue weighted by Gasteiger charge is -2.17. The standard InChI is InChI=1S/C9H11BrClNO2/c10-5-1-2-6(7(12)3-5)9(14)8(13)4-11/h1-3,8-9,13-14H,4,12H2. The van der Waals surface area contributed by atoms with Gasteiger partial charge in [0.05, 0.1) is 12.0 Å². The summed E-state index contributed by atoms with van der Waals surface area (Å²) in [5.41, 5.74) is 6.58. The minimum absolute atomic E-state index is 0.0311. The van der Waals surface area contributed by atoms with E-state index in [2.05, 4.69) is 15.9 Å². The highest BCUT2D eigenvalue weighted by Gasteiger charge is 2.19. The molecule has 78 valence electrons. The summed E-state index contributed by atoms with van der Waals surface area (Å²) in [6.45, 7) is 0. The molecule has 0 aliphatic carbocycles. The monoisotopic (exact) mass is 279 g/mol. The molecule has 1 aromatic carbocycles. The van der Waals surface area contributed by atoms with Crippen LogP contribution in [-0.2, 0) is 0 Å². The van der Waals surface area contributed by atoms with Crippen molar-refractivity contribution in [3.8, 4) is 0 Å². The number of hydrogen-bond donors (Lipinski definition) is 3. The Kier molecular flexibility index (Phi) is 4.19. The maximum absolute atomic E-state index is 9.63. The maximum Gasteiger partial charge on any atom is 0.108 e. The molecule has 2 unspecified atom stereocenters. The van der Waals surface area contributed by atoms with Crippen LogP contribution in [0.25, 0.3) is 0 Å². The number of alkyl halides is 1. The summed E-state index contributed by atoms with van der Waals surface area (Å²) in [5, 5.41) is 19.0. The fourth-order valence-electron chi connectivity index (χ4n) is 1.11. The molecule has 1 rings (SSSR count). The molecule has 0 saturated heterocycles. The lowest BCUT2D eigenvalue weighted by atomic mass is 10.0. The number of nitrogens with two attached hydrogens (primary N) is 1. The first-order valence-electron chi connectivity index (χ1n) is 4.03. The van der Waals surface area contributed by atoms with Crippen molar-refractivity contribution in [2.75, 3.05) is 11.6 Å². The number of nitrogen functional groups attached to an aromatic ring is 1. The van der Waals surface area contributed by atoms with E-state index in [1.54, 1.807) is 18.2 Å². The van der Waals surface area contributed by atoms with E-state index in [9.17, 15) is 10.2 Å². The van der Waals surface area contributed by atoms with Crippen LogP contribution < -0.4 is 5.73 Å². The summed E-state index contributed by atoms with van der Waals surface area (Å²) in [7, 11) is 0. The minimum atomic E-state index is -1.04. The number of anilines is 1. The van der Waals surface area contributed by atoms with Crippen LogP contribution in [-0.4, -0.2) is 22.2 Å². The molecule has 0 heterocycles. The van der Waals surface area contributed by atoms with Crippen molar-refractivity contribution in [3.05, 3.63) is 28.2 Å². The van der Waals surface area contributed by atoms with E-state index >= 15 is 0 Å². The third-order valence-corrected chi connectivity index (χ3v) is 2.70. The second-order valence-corrected chi connectivity index (χ2v) is 4.16. The average molecular weight is 281 g/mol. The Morgan fingerprint density at radius 3 is 2.57 bits per heavy atom. The van der Waals surface area contributed by atoms with E-state index in [1.165, 1.54) is 0 Å². The Morgan fingerprint density at radius 1 is 1.43 bits per heavy atom. The number of halogens is 2. The number of hydrogen-bond acceptors (Lipinski definition) is 3. The normalized spacial score (nSPS) is 15.1. The van der Waals surface area contributed by atoms with Gasteiger partial charge in [0.15, 0.2) is 0 Å². The van der Waals surface area contributed by atoms with Gasteiger partial charge in [0.25, 0.3) is 0 Å². The van der Waals surface area contributed by atoms with Gasteiger partial charge in [-0.1, -0.05) is 22.0 Å². The van der Waals surface area contributed by atoms with Crippen molar-refractivity contribution in [1.82, 2.24) is 0 Å². The molecular formula is C9H11BrClNO2. The number of benzene rings is 1. The zero-order valence-electron chi connectivity index (χ0n) is 7.32. The molecule has 0 aliphatic heterocycles. The number of aliphatic hydroxyl groups excluding tert-OH is 2. The van der Waals surface area contributed by atoms with Crippen molar-refractivity contribution in [1.29, 1.82) is 0 Å². The molecule has 4 N–H and O–H groups in total. The van der Waals surface area contributed by atoms with Gasteiger partial charge in [-0.05, 0) is 12.1 Å². The summed E-state index contributed by atoms with van der Waals surface area (Å²) >= 11 is 8.67. The average Bonchev–Trinajstić information content (AvgIpc) is 2.15. The Bertz CT molecular complexity index is 322. The van der Waals surface area contributed by atoms with E-state index in [-0.39, 0.29) is 5.88 Å². The minimum Gasteiger partial charge on any atom is -0.398 e. The molecule has 14 heavy (non-hydrogen) atoms. The van der Waals surface area contributed by atoms with Crippen molar-refractivity contribution < 1.29 is 10.2 Å². The fraction of sp³-hybridized carbons (Fsp3) is 0.333. The largest absolute Gasteiger partial charge is 0.398 e. The summed E-state index contributed by atoms with van der Waals surface area (Å²) in [5.74, 6) is -0.0311. The Balaban J connectivity index is 2.95. The maximum atomic E-state index is 9.63. The molecule has 0 aliphatic rings. The highest BCUT2D eigenvalue weighted by Crippen LogP contribution is 2.26. The molecule has 0 amide bonds. The van der Waals surface area contributed by atoms with Gasteiger partial charge in [-0.25, -0.2) is 0 Å². The van der Waals surface area contributed by atoms with E-state index in [0.29, 0.717) is 11.3 Å². The molecular weight excluding hydrogens is 269 g/mol. The van der Waals surface area contributed by atoms with Gasteiger partial charge >= 0.3 is 0 Å². The quantitative estimate of drug-likeness (QED) is 0.583. The first kappa shape index (κ1) is 11.8. The molecule has 0 bridgehead atoms. The zero-order chi connectivity index (χ0) is 10.7. The third-order valence-electron chi connectivity index (χ3n) is 1.89. The second-order valence-electron chi connectivity index (χ2n) is 2.94. The second kappa shape index (κ2) is 4.98. The summed E-state index contributed by atoms with van der Waals surface area (Å²) in [6.07, 6.45) is -2.04. The zero-order valence-corrected chi connectivity index (χ0v) is 9.66. The lowest BCUT2D eigenvalue weighted by Crippen LogP contribution is -2.20. The van der Waals surface area contributed by atoms with Crippen molar-refractivity contribution in [3.63, 3.8) is 0 Å². The van der Waals surface area contributed by atoms with Crippen molar-refractivity contribution in [2.24, 2.45) is 0 Å². The summed E-state index contributed by atoms with van der Waals surface area (Å²) in [4.78, 5) is 0. The molecule has 0 spiro atoms. The van der Waals surface area contributed by atoms with E-state index < -0.39 is 12.2 Å². The van der Waals surface area contributed by atoms with Gasteiger partial charge in [0.1, 0.15) is 6.10 Å². The molecule has 2 atom stereocenters. The van der Waals surface area contributed by atoms with Gasteiger partial charge in [-0.2, -0.15) is 0 Å². The fourth-order valence-corrected chi connectivity index (χ4v) is 1.65. The molecule has 5 heteroatoms. The van der Waals surface area contributed by atoms with E-state index in [1.807, 2.05) is 0 Å². The Hall–Kier alpha value is -0.290. The van der Waals surface area contributed by atoms with Crippen LogP contribution in [0, 0.1) is 0 Å². The first-order valence-corrected chi connectivity index (χ1v) is 5.36. The third kappa shape index (κ3) is 2.60. The topological polar surface area (TPSA) is 66.5 Å². The van der Waals surface area contributed by atoms with Crippen LogP contribution in [0.5, 0.6) is 0 Å². The van der Waals surface area contributed by atoms with Gasteiger partial charge in [-0.15, -0.1) is 11.6 Å². The highest BCUT2D eigenvalue weighted by molar-refractivity contribution is 9.10. The number of aliphatic hydroxyl groups is 2. The highest BCUT2D eigenvalue weighted by atomic mass is 79.9. The number of rotatable bonds is 3. The van der Waals surface area contributed by atoms with E-state index in [0.717, 1.165) is 4.47 Å². The van der Waals surface area contributed by atoms with Crippen molar-refractivity contribution in [2.45, 2.75) is 12.2 Å². The van der Waals surface area contributed by atoms with Crippen LogP contribution in [0.3, 0.4) is 0 Å². The first-order chi connectivity index (χ1) is 6.56. The van der Waals surface area contributed by atoms with E-state index in [4.69, 9.17) is 17.3 Å². The van der Waals surface area contributed by atoms with Crippen LogP contribution in [0.1, 0.15) is 11.7 Å². The van der Waals surface area contributed by atoms with Crippen LogP contribution >= 0.6 is 27.5 Å².